The van der Waals surface area contributed by atoms with Gasteiger partial charge in [0.1, 0.15) is 5.82 Å². The molecule has 0 radical (unpaired) electrons. The molecule has 4 heterocycles. The second-order valence-electron chi connectivity index (χ2n) is 7.06. The smallest absolute Gasteiger partial charge is 0.140 e. The van der Waals surface area contributed by atoms with Gasteiger partial charge in [0.25, 0.3) is 0 Å². The minimum atomic E-state index is 0.155. The highest BCUT2D eigenvalue weighted by molar-refractivity contribution is 5.81. The highest BCUT2D eigenvalue weighted by Crippen LogP contribution is 2.30. The zero-order valence-corrected chi connectivity index (χ0v) is 15.9. The molecule has 5 aromatic rings. The van der Waals surface area contributed by atoms with Gasteiger partial charge in [-0.05, 0) is 58.8 Å². The first-order chi connectivity index (χ1) is 14.4. The molecule has 29 heavy (non-hydrogen) atoms. The summed E-state index contributed by atoms with van der Waals surface area (Å²) in [7, 11) is 0. The van der Waals surface area contributed by atoms with E-state index in [1.807, 2.05) is 49.2 Å². The lowest BCUT2D eigenvalue weighted by Crippen LogP contribution is -2.09. The quantitative estimate of drug-likeness (QED) is 0.424. The minimum Gasteiger partial charge on any atom is -0.301 e. The van der Waals surface area contributed by atoms with E-state index in [2.05, 4.69) is 69.3 Å². The fourth-order valence-electron chi connectivity index (χ4n) is 3.89. The molecule has 0 aliphatic rings. The van der Waals surface area contributed by atoms with Crippen LogP contribution in [-0.4, -0.2) is 19.5 Å². The number of pyridine rings is 3. The Hall–Kier alpha value is -3.79. The third-order valence-electron chi connectivity index (χ3n) is 5.29. The number of fused-ring (bicyclic) bond motifs is 1. The van der Waals surface area contributed by atoms with Crippen molar-refractivity contribution in [1.29, 1.82) is 0 Å². The lowest BCUT2D eigenvalue weighted by molar-refractivity contribution is 0.782. The first-order valence-electron chi connectivity index (χ1n) is 9.70. The minimum absolute atomic E-state index is 0.155. The molecule has 0 N–H and O–H groups in total. The molecule has 5 rings (SSSR count). The average molecular weight is 376 g/mol. The van der Waals surface area contributed by atoms with Gasteiger partial charge < -0.3 is 4.57 Å². The molecular formula is C25H20N4. The summed E-state index contributed by atoms with van der Waals surface area (Å²) in [4.78, 5) is 13.4. The van der Waals surface area contributed by atoms with E-state index in [4.69, 9.17) is 4.98 Å². The summed E-state index contributed by atoms with van der Waals surface area (Å²) in [6.45, 7) is 0. The molecule has 4 heteroatoms. The van der Waals surface area contributed by atoms with E-state index in [9.17, 15) is 0 Å². The van der Waals surface area contributed by atoms with Gasteiger partial charge in [-0.2, -0.15) is 0 Å². The van der Waals surface area contributed by atoms with E-state index in [0.29, 0.717) is 0 Å². The fraction of sp³-hybridized carbons (Fsp3) is 0.0800. The van der Waals surface area contributed by atoms with E-state index >= 15 is 0 Å². The van der Waals surface area contributed by atoms with Crippen LogP contribution in [-0.2, 0) is 6.42 Å². The first-order valence-corrected chi connectivity index (χ1v) is 9.70. The lowest BCUT2D eigenvalue weighted by atomic mass is 9.87. The summed E-state index contributed by atoms with van der Waals surface area (Å²) in [5, 5.41) is 1.21. The number of rotatable bonds is 5. The van der Waals surface area contributed by atoms with Crippen molar-refractivity contribution in [1.82, 2.24) is 19.5 Å². The van der Waals surface area contributed by atoms with Crippen LogP contribution >= 0.6 is 0 Å². The zero-order chi connectivity index (χ0) is 19.5. The summed E-state index contributed by atoms with van der Waals surface area (Å²) >= 11 is 0. The van der Waals surface area contributed by atoms with Gasteiger partial charge >= 0.3 is 0 Å². The van der Waals surface area contributed by atoms with Crippen LogP contribution in [0.15, 0.2) is 104 Å². The third kappa shape index (κ3) is 3.41. The van der Waals surface area contributed by atoms with E-state index in [1.165, 1.54) is 22.1 Å². The van der Waals surface area contributed by atoms with Crippen molar-refractivity contribution in [2.24, 2.45) is 0 Å². The van der Waals surface area contributed by atoms with Gasteiger partial charge in [-0.3, -0.25) is 9.97 Å². The standard InChI is InChI=1S/C25H20N4/c1-2-10-24-19(6-1)11-15-29(24)25-20(7-5-14-28-25)16-23(21-8-3-12-26-17-21)22-9-4-13-27-18-22/h1-15,17-18,23H,16H2. The van der Waals surface area contributed by atoms with Gasteiger partial charge in [-0.25, -0.2) is 4.98 Å². The molecule has 0 spiro atoms. The van der Waals surface area contributed by atoms with Crippen LogP contribution in [0.1, 0.15) is 22.6 Å². The third-order valence-corrected chi connectivity index (χ3v) is 5.29. The summed E-state index contributed by atoms with van der Waals surface area (Å²) in [5.41, 5.74) is 4.69. The van der Waals surface area contributed by atoms with Crippen LogP contribution in [0.5, 0.6) is 0 Å². The number of hydrogen-bond donors (Lipinski definition) is 0. The Morgan fingerprint density at radius 1 is 0.724 bits per heavy atom. The highest BCUT2D eigenvalue weighted by atomic mass is 15.1. The summed E-state index contributed by atoms with van der Waals surface area (Å²) in [6, 6.07) is 22.9. The fourth-order valence-corrected chi connectivity index (χ4v) is 3.89. The van der Waals surface area contributed by atoms with Crippen molar-refractivity contribution in [3.8, 4) is 5.82 Å². The Morgan fingerprint density at radius 3 is 2.17 bits per heavy atom. The largest absolute Gasteiger partial charge is 0.301 e. The highest BCUT2D eigenvalue weighted by Gasteiger charge is 2.19. The van der Waals surface area contributed by atoms with Crippen LogP contribution in [0.4, 0.5) is 0 Å². The lowest BCUT2D eigenvalue weighted by Gasteiger charge is -2.19. The molecule has 4 aromatic heterocycles. The van der Waals surface area contributed by atoms with Gasteiger partial charge in [-0.15, -0.1) is 0 Å². The van der Waals surface area contributed by atoms with Crippen molar-refractivity contribution in [2.45, 2.75) is 12.3 Å². The molecule has 0 unspecified atom stereocenters. The molecule has 0 atom stereocenters. The second-order valence-corrected chi connectivity index (χ2v) is 7.06. The molecule has 0 bridgehead atoms. The Balaban J connectivity index is 1.61. The van der Waals surface area contributed by atoms with Gasteiger partial charge in [0.15, 0.2) is 0 Å². The summed E-state index contributed by atoms with van der Waals surface area (Å²) < 4.78 is 2.17. The zero-order valence-electron chi connectivity index (χ0n) is 15.9. The monoisotopic (exact) mass is 376 g/mol. The number of aromatic nitrogens is 4. The second kappa shape index (κ2) is 7.68. The Morgan fingerprint density at radius 2 is 1.45 bits per heavy atom. The molecule has 0 amide bonds. The molecule has 0 fully saturated rings. The predicted octanol–water partition coefficient (Wildman–Crippen LogP) is 5.19. The van der Waals surface area contributed by atoms with E-state index < -0.39 is 0 Å². The topological polar surface area (TPSA) is 43.6 Å². The molecular weight excluding hydrogens is 356 g/mol. The van der Waals surface area contributed by atoms with Crippen LogP contribution in [0.3, 0.4) is 0 Å². The molecule has 0 aliphatic carbocycles. The Kier molecular flexibility index (Phi) is 4.59. The van der Waals surface area contributed by atoms with Crippen molar-refractivity contribution < 1.29 is 0 Å². The van der Waals surface area contributed by atoms with Crippen molar-refractivity contribution >= 4 is 10.9 Å². The molecule has 0 aliphatic heterocycles. The van der Waals surface area contributed by atoms with Gasteiger partial charge in [0.2, 0.25) is 0 Å². The maximum atomic E-state index is 4.74. The summed E-state index contributed by atoms with van der Waals surface area (Å²) in [5.74, 6) is 1.12. The SMILES string of the molecule is c1cncc(C(Cc2cccnc2-n2ccc3ccccc32)c2cccnc2)c1. The number of nitrogens with zero attached hydrogens (tertiary/aromatic N) is 4. The summed E-state index contributed by atoms with van der Waals surface area (Å²) in [6.07, 6.45) is 12.3. The van der Waals surface area contributed by atoms with Crippen LogP contribution in [0.2, 0.25) is 0 Å². The Bertz CT molecular complexity index is 1190. The van der Waals surface area contributed by atoms with Crippen molar-refractivity contribution in [3.05, 3.63) is 121 Å². The maximum Gasteiger partial charge on any atom is 0.140 e. The van der Waals surface area contributed by atoms with E-state index in [0.717, 1.165) is 17.8 Å². The van der Waals surface area contributed by atoms with Gasteiger partial charge in [0, 0.05) is 43.1 Å². The van der Waals surface area contributed by atoms with E-state index in [1.54, 1.807) is 0 Å². The average Bonchev–Trinajstić information content (AvgIpc) is 3.23. The normalized spacial score (nSPS) is 11.2. The van der Waals surface area contributed by atoms with Gasteiger partial charge in [0.05, 0.1) is 5.52 Å². The molecule has 0 saturated carbocycles. The maximum absolute atomic E-state index is 4.74. The van der Waals surface area contributed by atoms with Crippen molar-refractivity contribution in [3.63, 3.8) is 0 Å². The number of hydrogen-bond acceptors (Lipinski definition) is 3. The number of para-hydroxylation sites is 1. The van der Waals surface area contributed by atoms with Crippen LogP contribution in [0.25, 0.3) is 16.7 Å². The van der Waals surface area contributed by atoms with Crippen molar-refractivity contribution in [2.75, 3.05) is 0 Å². The van der Waals surface area contributed by atoms with Crippen LogP contribution in [0, 0.1) is 0 Å². The number of benzene rings is 1. The molecule has 4 nitrogen and oxygen atoms in total. The van der Waals surface area contributed by atoms with E-state index in [-0.39, 0.29) is 5.92 Å². The van der Waals surface area contributed by atoms with Crippen LogP contribution < -0.4 is 0 Å². The van der Waals surface area contributed by atoms with Gasteiger partial charge in [-0.1, -0.05) is 36.4 Å². The Labute approximate surface area is 169 Å². The molecule has 0 saturated heterocycles. The predicted molar refractivity (Wildman–Crippen MR) is 115 cm³/mol. The molecule has 1 aromatic carbocycles. The first kappa shape index (κ1) is 17.3. The molecule has 140 valence electrons.